The maximum absolute atomic E-state index is 12.4. The third-order valence-corrected chi connectivity index (χ3v) is 4.29. The van der Waals surface area contributed by atoms with Gasteiger partial charge in [0.25, 0.3) is 0 Å². The molecule has 0 aliphatic rings. The monoisotopic (exact) mass is 351 g/mol. The number of nitrogens with zero attached hydrogens (tertiary/aromatic N) is 1. The number of hydrogen-bond donors (Lipinski definition) is 0. The molecule has 0 aliphatic carbocycles. The van der Waals surface area contributed by atoms with Crippen LogP contribution < -0.4 is 8.92 Å². The van der Waals surface area contributed by atoms with Crippen molar-refractivity contribution in [2.45, 2.75) is 31.8 Å². The molecule has 2 rings (SSSR count). The number of nitro benzene ring substituents is 1. The summed E-state index contributed by atoms with van der Waals surface area (Å²) in [6.45, 7) is 5.44. The van der Waals surface area contributed by atoms with Crippen LogP contribution in [0.15, 0.2) is 47.4 Å². The van der Waals surface area contributed by atoms with E-state index in [1.54, 1.807) is 6.92 Å². The number of para-hydroxylation sites is 2. The third kappa shape index (κ3) is 4.02. The Bertz CT molecular complexity index is 861. The van der Waals surface area contributed by atoms with Gasteiger partial charge in [-0.05, 0) is 50.6 Å². The van der Waals surface area contributed by atoms with Crippen molar-refractivity contribution in [3.8, 4) is 11.5 Å². The van der Waals surface area contributed by atoms with Crippen LogP contribution in [0.2, 0.25) is 0 Å². The standard InChI is InChI=1S/C16H17NO6S/c1-11(2)22-15-9-8-13(10-12(15)3)24(20,21)23-16-7-5-4-6-14(16)17(18)19/h4-11H,1-3H3. The molecule has 0 radical (unpaired) electrons. The Labute approximate surface area is 140 Å². The topological polar surface area (TPSA) is 95.7 Å². The summed E-state index contributed by atoms with van der Waals surface area (Å²) in [5.41, 5.74) is 0.202. The van der Waals surface area contributed by atoms with Crippen LogP contribution in [-0.4, -0.2) is 19.4 Å². The van der Waals surface area contributed by atoms with Gasteiger partial charge in [-0.3, -0.25) is 10.1 Å². The van der Waals surface area contributed by atoms with Gasteiger partial charge in [-0.15, -0.1) is 0 Å². The molecule has 0 N–H and O–H groups in total. The molecule has 2 aromatic carbocycles. The summed E-state index contributed by atoms with van der Waals surface area (Å²) in [5.74, 6) is 0.234. The highest BCUT2D eigenvalue weighted by atomic mass is 32.2. The number of benzene rings is 2. The van der Waals surface area contributed by atoms with Crippen molar-refractivity contribution in [1.82, 2.24) is 0 Å². The van der Waals surface area contributed by atoms with Gasteiger partial charge in [-0.25, -0.2) is 0 Å². The predicted molar refractivity (Wildman–Crippen MR) is 87.9 cm³/mol. The zero-order valence-corrected chi connectivity index (χ0v) is 14.2. The zero-order chi connectivity index (χ0) is 17.9. The fourth-order valence-corrected chi connectivity index (χ4v) is 3.04. The van der Waals surface area contributed by atoms with Crippen molar-refractivity contribution < 1.29 is 22.3 Å². The molecule has 0 aliphatic heterocycles. The molecule has 0 spiro atoms. The molecular weight excluding hydrogens is 334 g/mol. The normalized spacial score (nSPS) is 11.3. The molecule has 0 unspecified atom stereocenters. The second-order valence-corrected chi connectivity index (χ2v) is 6.90. The fourth-order valence-electron chi connectivity index (χ4n) is 2.01. The maximum Gasteiger partial charge on any atom is 0.339 e. The van der Waals surface area contributed by atoms with Gasteiger partial charge in [-0.2, -0.15) is 8.42 Å². The van der Waals surface area contributed by atoms with Crippen LogP contribution in [0.25, 0.3) is 0 Å². The summed E-state index contributed by atoms with van der Waals surface area (Å²) in [6.07, 6.45) is -0.0469. The number of nitro groups is 1. The molecule has 24 heavy (non-hydrogen) atoms. The smallest absolute Gasteiger partial charge is 0.339 e. The highest BCUT2D eigenvalue weighted by Gasteiger charge is 2.23. The van der Waals surface area contributed by atoms with Gasteiger partial charge in [0, 0.05) is 6.07 Å². The fraction of sp³-hybridized carbons (Fsp3) is 0.250. The minimum absolute atomic E-state index is 0.0469. The van der Waals surface area contributed by atoms with Crippen LogP contribution in [0.4, 0.5) is 5.69 Å². The molecular formula is C16H17NO6S. The predicted octanol–water partition coefficient (Wildman–Crippen LogP) is 3.46. The van der Waals surface area contributed by atoms with Gasteiger partial charge < -0.3 is 8.92 Å². The van der Waals surface area contributed by atoms with Gasteiger partial charge in [0.15, 0.2) is 0 Å². The lowest BCUT2D eigenvalue weighted by atomic mass is 10.2. The molecule has 0 heterocycles. The van der Waals surface area contributed by atoms with Crippen molar-refractivity contribution in [3.63, 3.8) is 0 Å². The second-order valence-electron chi connectivity index (χ2n) is 5.36. The number of hydrogen-bond acceptors (Lipinski definition) is 6. The Hall–Kier alpha value is -2.61. The van der Waals surface area contributed by atoms with Crippen molar-refractivity contribution in [2.75, 3.05) is 0 Å². The Morgan fingerprint density at radius 1 is 1.08 bits per heavy atom. The van der Waals surface area contributed by atoms with Crippen molar-refractivity contribution in [3.05, 3.63) is 58.1 Å². The molecule has 128 valence electrons. The van der Waals surface area contributed by atoms with Crippen molar-refractivity contribution in [1.29, 1.82) is 0 Å². The SMILES string of the molecule is Cc1cc(S(=O)(=O)Oc2ccccc2[N+](=O)[O-])ccc1OC(C)C. The lowest BCUT2D eigenvalue weighted by Gasteiger charge is -2.13. The average Bonchev–Trinajstić information content (AvgIpc) is 2.48. The summed E-state index contributed by atoms with van der Waals surface area (Å²) >= 11 is 0. The van der Waals surface area contributed by atoms with Gasteiger partial charge in [0.1, 0.15) is 10.6 Å². The highest BCUT2D eigenvalue weighted by molar-refractivity contribution is 7.87. The first-order chi connectivity index (χ1) is 11.2. The van der Waals surface area contributed by atoms with E-state index in [1.807, 2.05) is 13.8 Å². The molecule has 0 fully saturated rings. The quantitative estimate of drug-likeness (QED) is 0.449. The summed E-state index contributed by atoms with van der Waals surface area (Å²) in [4.78, 5) is 10.2. The number of ether oxygens (including phenoxy) is 1. The van der Waals surface area contributed by atoms with Crippen LogP contribution in [0, 0.1) is 17.0 Å². The van der Waals surface area contributed by atoms with Crippen LogP contribution in [-0.2, 0) is 10.1 Å². The molecule has 0 aromatic heterocycles. The lowest BCUT2D eigenvalue weighted by molar-refractivity contribution is -0.385. The van der Waals surface area contributed by atoms with E-state index in [0.717, 1.165) is 0 Å². The van der Waals surface area contributed by atoms with Gasteiger partial charge in [0.2, 0.25) is 5.75 Å². The first kappa shape index (κ1) is 17.7. The zero-order valence-electron chi connectivity index (χ0n) is 13.4. The molecule has 2 aromatic rings. The van der Waals surface area contributed by atoms with E-state index in [0.29, 0.717) is 11.3 Å². The highest BCUT2D eigenvalue weighted by Crippen LogP contribution is 2.30. The molecule has 0 saturated heterocycles. The molecule has 0 saturated carbocycles. The Balaban J connectivity index is 2.35. The van der Waals surface area contributed by atoms with E-state index in [2.05, 4.69) is 0 Å². The van der Waals surface area contributed by atoms with E-state index in [1.165, 1.54) is 42.5 Å². The second kappa shape index (κ2) is 6.88. The largest absolute Gasteiger partial charge is 0.491 e. The summed E-state index contributed by atoms with van der Waals surface area (Å²) in [7, 11) is -4.20. The average molecular weight is 351 g/mol. The Morgan fingerprint density at radius 2 is 1.75 bits per heavy atom. The molecule has 0 bridgehead atoms. The van der Waals surface area contributed by atoms with Crippen molar-refractivity contribution >= 4 is 15.8 Å². The lowest BCUT2D eigenvalue weighted by Crippen LogP contribution is -2.12. The van der Waals surface area contributed by atoms with E-state index < -0.39 is 20.7 Å². The van der Waals surface area contributed by atoms with E-state index in [4.69, 9.17) is 8.92 Å². The van der Waals surface area contributed by atoms with Crippen LogP contribution >= 0.6 is 0 Å². The van der Waals surface area contributed by atoms with Gasteiger partial charge >= 0.3 is 15.8 Å². The summed E-state index contributed by atoms with van der Waals surface area (Å²) < 4.78 is 35.3. The third-order valence-electron chi connectivity index (χ3n) is 3.06. The van der Waals surface area contributed by atoms with Crippen LogP contribution in [0.1, 0.15) is 19.4 Å². The minimum Gasteiger partial charge on any atom is -0.491 e. The molecule has 8 heteroatoms. The Morgan fingerprint density at radius 3 is 2.33 bits per heavy atom. The molecule has 7 nitrogen and oxygen atoms in total. The Kier molecular flexibility index (Phi) is 5.08. The molecule has 0 amide bonds. The van der Waals surface area contributed by atoms with Crippen molar-refractivity contribution in [2.24, 2.45) is 0 Å². The van der Waals surface area contributed by atoms with Crippen LogP contribution in [0.5, 0.6) is 11.5 Å². The minimum atomic E-state index is -4.20. The first-order valence-corrected chi connectivity index (χ1v) is 8.57. The first-order valence-electron chi connectivity index (χ1n) is 7.16. The number of rotatable bonds is 6. The number of aryl methyl sites for hydroxylation is 1. The van der Waals surface area contributed by atoms with E-state index >= 15 is 0 Å². The van der Waals surface area contributed by atoms with E-state index in [-0.39, 0.29) is 16.7 Å². The molecule has 0 atom stereocenters. The maximum atomic E-state index is 12.4. The summed E-state index contributed by atoms with van der Waals surface area (Å²) in [5, 5.41) is 11.0. The van der Waals surface area contributed by atoms with Gasteiger partial charge in [-0.1, -0.05) is 12.1 Å². The van der Waals surface area contributed by atoms with Gasteiger partial charge in [0.05, 0.1) is 11.0 Å². The van der Waals surface area contributed by atoms with Crippen LogP contribution in [0.3, 0.4) is 0 Å². The van der Waals surface area contributed by atoms with E-state index in [9.17, 15) is 18.5 Å². The summed E-state index contributed by atoms with van der Waals surface area (Å²) in [6, 6.07) is 9.58.